The van der Waals surface area contributed by atoms with Crippen LogP contribution in [0, 0.1) is 12.8 Å². The second kappa shape index (κ2) is 6.51. The Morgan fingerprint density at radius 3 is 2.77 bits per heavy atom. The molecule has 0 unspecified atom stereocenters. The number of para-hydroxylation sites is 1. The SMILES string of the molecule is Cc1cc(NC(=O)C2CN(C(=O)c3cnccn3)C2)c2ccccc2n1. The van der Waals surface area contributed by atoms with Crippen molar-refractivity contribution in [1.29, 1.82) is 0 Å². The van der Waals surface area contributed by atoms with Crippen LogP contribution >= 0.6 is 0 Å². The summed E-state index contributed by atoms with van der Waals surface area (Å²) in [5.41, 5.74) is 2.72. The molecule has 7 nitrogen and oxygen atoms in total. The molecule has 0 bridgehead atoms. The van der Waals surface area contributed by atoms with Gasteiger partial charge in [0.1, 0.15) is 5.69 Å². The number of pyridine rings is 1. The number of anilines is 1. The summed E-state index contributed by atoms with van der Waals surface area (Å²) >= 11 is 0. The molecule has 0 atom stereocenters. The van der Waals surface area contributed by atoms with Gasteiger partial charge in [-0.15, -0.1) is 0 Å². The molecule has 1 aliphatic rings. The van der Waals surface area contributed by atoms with E-state index >= 15 is 0 Å². The normalized spacial score (nSPS) is 14.1. The first-order valence-electron chi connectivity index (χ1n) is 8.34. The maximum atomic E-state index is 12.6. The van der Waals surface area contributed by atoms with E-state index < -0.39 is 0 Å². The Labute approximate surface area is 150 Å². The summed E-state index contributed by atoms with van der Waals surface area (Å²) < 4.78 is 0. The average Bonchev–Trinajstić information content (AvgIpc) is 2.61. The smallest absolute Gasteiger partial charge is 0.274 e. The van der Waals surface area contributed by atoms with Crippen LogP contribution in [0.5, 0.6) is 0 Å². The van der Waals surface area contributed by atoms with Crippen LogP contribution in [0.2, 0.25) is 0 Å². The van der Waals surface area contributed by atoms with Crippen LogP contribution < -0.4 is 5.32 Å². The van der Waals surface area contributed by atoms with Crippen molar-refractivity contribution in [2.75, 3.05) is 18.4 Å². The Balaban J connectivity index is 1.44. The highest BCUT2D eigenvalue weighted by atomic mass is 16.2. The Kier molecular flexibility index (Phi) is 4.04. The van der Waals surface area contributed by atoms with Gasteiger partial charge in [0.15, 0.2) is 0 Å². The van der Waals surface area contributed by atoms with Crippen LogP contribution in [-0.2, 0) is 4.79 Å². The number of amides is 2. The summed E-state index contributed by atoms with van der Waals surface area (Å²) in [6.07, 6.45) is 4.43. The predicted molar refractivity (Wildman–Crippen MR) is 96.5 cm³/mol. The van der Waals surface area contributed by atoms with Gasteiger partial charge in [-0.3, -0.25) is 19.6 Å². The molecule has 3 heterocycles. The molecular weight excluding hydrogens is 330 g/mol. The predicted octanol–water partition coefficient (Wildman–Crippen LogP) is 2.04. The third kappa shape index (κ3) is 2.99. The number of nitrogens with one attached hydrogen (secondary N) is 1. The van der Waals surface area contributed by atoms with E-state index in [4.69, 9.17) is 0 Å². The minimum atomic E-state index is -0.233. The lowest BCUT2D eigenvalue weighted by Crippen LogP contribution is -2.54. The van der Waals surface area contributed by atoms with Crippen LogP contribution in [0.1, 0.15) is 16.2 Å². The van der Waals surface area contributed by atoms with E-state index in [1.54, 1.807) is 4.90 Å². The second-order valence-electron chi connectivity index (χ2n) is 6.32. The number of nitrogens with zero attached hydrogens (tertiary/aromatic N) is 4. The summed E-state index contributed by atoms with van der Waals surface area (Å²) in [4.78, 5) is 38.8. The highest BCUT2D eigenvalue weighted by Crippen LogP contribution is 2.25. The monoisotopic (exact) mass is 347 g/mol. The van der Waals surface area contributed by atoms with Gasteiger partial charge in [-0.1, -0.05) is 18.2 Å². The minimum absolute atomic E-state index is 0.0936. The first-order chi connectivity index (χ1) is 12.6. The van der Waals surface area contributed by atoms with Crippen LogP contribution in [0.25, 0.3) is 10.9 Å². The molecule has 0 radical (unpaired) electrons. The summed E-state index contributed by atoms with van der Waals surface area (Å²) in [6.45, 7) is 2.65. The van der Waals surface area contributed by atoms with E-state index in [-0.39, 0.29) is 17.7 Å². The first-order valence-corrected chi connectivity index (χ1v) is 8.34. The summed E-state index contributed by atoms with van der Waals surface area (Å²) in [6, 6.07) is 9.55. The van der Waals surface area contributed by atoms with E-state index in [1.807, 2.05) is 37.3 Å². The fraction of sp³-hybridized carbons (Fsp3) is 0.211. The number of aryl methyl sites for hydroxylation is 1. The van der Waals surface area contributed by atoms with E-state index in [2.05, 4.69) is 20.3 Å². The molecule has 7 heteroatoms. The number of carbonyl (C=O) groups is 2. The van der Waals surface area contributed by atoms with Gasteiger partial charge in [-0.2, -0.15) is 0 Å². The molecule has 0 saturated carbocycles. The number of benzene rings is 1. The van der Waals surface area contributed by atoms with E-state index in [9.17, 15) is 9.59 Å². The van der Waals surface area contributed by atoms with Crippen molar-refractivity contribution < 1.29 is 9.59 Å². The van der Waals surface area contributed by atoms with Gasteiger partial charge in [0.25, 0.3) is 5.91 Å². The number of hydrogen-bond donors (Lipinski definition) is 1. The second-order valence-corrected chi connectivity index (χ2v) is 6.32. The zero-order valence-electron chi connectivity index (χ0n) is 14.2. The van der Waals surface area contributed by atoms with E-state index in [0.717, 1.165) is 22.3 Å². The molecule has 1 fully saturated rings. The third-order valence-electron chi connectivity index (χ3n) is 4.42. The van der Waals surface area contributed by atoms with Gasteiger partial charge in [-0.25, -0.2) is 4.98 Å². The van der Waals surface area contributed by atoms with Gasteiger partial charge < -0.3 is 10.2 Å². The van der Waals surface area contributed by atoms with Gasteiger partial charge in [0.2, 0.25) is 5.91 Å². The van der Waals surface area contributed by atoms with Gasteiger partial charge in [-0.05, 0) is 19.1 Å². The minimum Gasteiger partial charge on any atom is -0.336 e. The fourth-order valence-corrected chi connectivity index (χ4v) is 3.03. The molecule has 0 spiro atoms. The fourth-order valence-electron chi connectivity index (χ4n) is 3.03. The summed E-state index contributed by atoms with van der Waals surface area (Å²) in [5.74, 6) is -0.529. The van der Waals surface area contributed by atoms with Crippen molar-refractivity contribution in [3.05, 3.63) is 60.3 Å². The van der Waals surface area contributed by atoms with E-state index in [0.29, 0.717) is 18.8 Å². The largest absolute Gasteiger partial charge is 0.336 e. The topological polar surface area (TPSA) is 88.1 Å². The van der Waals surface area contributed by atoms with Crippen LogP contribution in [0.3, 0.4) is 0 Å². The molecule has 2 aromatic heterocycles. The Hall–Kier alpha value is -3.35. The highest BCUT2D eigenvalue weighted by Gasteiger charge is 2.36. The van der Waals surface area contributed by atoms with Crippen molar-refractivity contribution in [3.8, 4) is 0 Å². The number of hydrogen-bond acceptors (Lipinski definition) is 5. The standard InChI is InChI=1S/C19H17N5O2/c1-12-8-16(14-4-2-3-5-15(14)22-12)23-18(25)13-10-24(11-13)19(26)17-9-20-6-7-21-17/h2-9,13H,10-11H2,1H3,(H,22,23,25). The van der Waals surface area contributed by atoms with Gasteiger partial charge in [0.05, 0.1) is 23.3 Å². The number of carbonyl (C=O) groups excluding carboxylic acids is 2. The molecular formula is C19H17N5O2. The maximum absolute atomic E-state index is 12.6. The molecule has 1 aliphatic heterocycles. The Morgan fingerprint density at radius 2 is 2.00 bits per heavy atom. The highest BCUT2D eigenvalue weighted by molar-refractivity contribution is 6.03. The first kappa shape index (κ1) is 16.1. The molecule has 3 aromatic rings. The number of aromatic nitrogens is 3. The van der Waals surface area contributed by atoms with Crippen molar-refractivity contribution in [1.82, 2.24) is 19.9 Å². The molecule has 1 N–H and O–H groups in total. The molecule has 0 aliphatic carbocycles. The Morgan fingerprint density at radius 1 is 1.19 bits per heavy atom. The average molecular weight is 347 g/mol. The Bertz CT molecular complexity index is 984. The number of fused-ring (bicyclic) bond motifs is 1. The molecule has 130 valence electrons. The van der Waals surface area contributed by atoms with Crippen LogP contribution in [-0.4, -0.2) is 44.8 Å². The van der Waals surface area contributed by atoms with Crippen molar-refractivity contribution in [3.63, 3.8) is 0 Å². The quantitative estimate of drug-likeness (QED) is 0.783. The zero-order chi connectivity index (χ0) is 18.1. The molecule has 4 rings (SSSR count). The molecule has 2 amide bonds. The zero-order valence-corrected chi connectivity index (χ0v) is 14.2. The van der Waals surface area contributed by atoms with Crippen LogP contribution in [0.15, 0.2) is 48.9 Å². The van der Waals surface area contributed by atoms with Crippen molar-refractivity contribution in [2.45, 2.75) is 6.92 Å². The van der Waals surface area contributed by atoms with Crippen molar-refractivity contribution >= 4 is 28.4 Å². The maximum Gasteiger partial charge on any atom is 0.274 e. The number of likely N-dealkylation sites (tertiary alicyclic amines) is 1. The summed E-state index contributed by atoms with van der Waals surface area (Å²) in [7, 11) is 0. The molecule has 1 saturated heterocycles. The lowest BCUT2D eigenvalue weighted by molar-refractivity contribution is -0.123. The van der Waals surface area contributed by atoms with Gasteiger partial charge in [0, 0.05) is 36.6 Å². The lowest BCUT2D eigenvalue weighted by atomic mass is 9.98. The molecule has 1 aromatic carbocycles. The lowest BCUT2D eigenvalue weighted by Gasteiger charge is -2.37. The van der Waals surface area contributed by atoms with E-state index in [1.165, 1.54) is 18.6 Å². The molecule has 26 heavy (non-hydrogen) atoms. The van der Waals surface area contributed by atoms with Gasteiger partial charge >= 0.3 is 0 Å². The summed E-state index contributed by atoms with van der Waals surface area (Å²) in [5, 5.41) is 3.88. The third-order valence-corrected chi connectivity index (χ3v) is 4.42. The number of rotatable bonds is 3. The van der Waals surface area contributed by atoms with Crippen molar-refractivity contribution in [2.24, 2.45) is 5.92 Å². The van der Waals surface area contributed by atoms with Crippen LogP contribution in [0.4, 0.5) is 5.69 Å².